The van der Waals surface area contributed by atoms with Crippen LogP contribution in [0.4, 0.5) is 0 Å². The Morgan fingerprint density at radius 1 is 0.818 bits per heavy atom. The molecule has 0 fully saturated rings. The fraction of sp³-hybridized carbons (Fsp3) is 1.00. The molecule has 0 aliphatic heterocycles. The fourth-order valence-electron chi connectivity index (χ4n) is 0.258. The maximum atomic E-state index is 7.94. The minimum atomic E-state index is 0.122. The van der Waals surface area contributed by atoms with Crippen molar-refractivity contribution in [2.24, 2.45) is 0 Å². The summed E-state index contributed by atoms with van der Waals surface area (Å²) < 4.78 is 13.8. The molecule has 0 heterocycles. The molecule has 0 saturated carbocycles. The van der Waals surface area contributed by atoms with Gasteiger partial charge < -0.3 is 19.3 Å². The highest BCUT2D eigenvalue weighted by molar-refractivity contribution is 4.17. The van der Waals surface area contributed by atoms with Crippen molar-refractivity contribution in [1.29, 1.82) is 0 Å². The molecule has 0 spiro atoms. The number of hydrogen-bond donors (Lipinski definition) is 1. The van der Waals surface area contributed by atoms with Crippen LogP contribution in [0.2, 0.25) is 0 Å². The lowest BCUT2D eigenvalue weighted by Gasteiger charge is -1.91. The van der Waals surface area contributed by atoms with Crippen molar-refractivity contribution in [1.82, 2.24) is 0 Å². The Bertz CT molecular complexity index is 43.7. The first-order chi connectivity index (χ1) is 5.33. The van der Waals surface area contributed by atoms with Crippen molar-refractivity contribution in [3.63, 3.8) is 0 Å². The van der Waals surface area contributed by atoms with Gasteiger partial charge in [-0.15, -0.1) is 0 Å². The van der Waals surface area contributed by atoms with Crippen LogP contribution in [0, 0.1) is 0 Å². The fourth-order valence-corrected chi connectivity index (χ4v) is 0.258. The van der Waals surface area contributed by atoms with Crippen molar-refractivity contribution in [3.8, 4) is 0 Å². The smallest absolute Gasteiger partial charge is 0.0696 e. The average Bonchev–Trinajstić information content (AvgIpc) is 2.04. The number of ether oxygens (including phenoxy) is 3. The topological polar surface area (TPSA) is 47.9 Å². The Kier molecular flexibility index (Phi) is 20.1. The van der Waals surface area contributed by atoms with Gasteiger partial charge in [0.1, 0.15) is 0 Å². The van der Waals surface area contributed by atoms with Crippen LogP contribution >= 0.6 is 0 Å². The van der Waals surface area contributed by atoms with E-state index in [4.69, 9.17) is 5.11 Å². The van der Waals surface area contributed by atoms with Gasteiger partial charge in [0.25, 0.3) is 0 Å². The number of aliphatic hydroxyl groups is 1. The zero-order valence-corrected chi connectivity index (χ0v) is 7.50. The van der Waals surface area contributed by atoms with E-state index in [0.29, 0.717) is 19.8 Å². The van der Waals surface area contributed by atoms with Gasteiger partial charge in [0, 0.05) is 21.3 Å². The summed E-state index contributed by atoms with van der Waals surface area (Å²) in [6.45, 7) is 1.95. The number of methoxy groups -OCH3 is 3. The van der Waals surface area contributed by atoms with E-state index < -0.39 is 0 Å². The third kappa shape index (κ3) is 25.8. The molecule has 0 aromatic carbocycles. The monoisotopic (exact) mass is 166 g/mol. The van der Waals surface area contributed by atoms with Crippen molar-refractivity contribution in [2.75, 3.05) is 47.8 Å². The molecule has 70 valence electrons. The highest BCUT2D eigenvalue weighted by Crippen LogP contribution is 1.65. The molecule has 0 aliphatic carbocycles. The third-order valence-corrected chi connectivity index (χ3v) is 0.787. The van der Waals surface area contributed by atoms with Crippen LogP contribution in [0.3, 0.4) is 0 Å². The van der Waals surface area contributed by atoms with Crippen LogP contribution in [0.5, 0.6) is 0 Å². The maximum Gasteiger partial charge on any atom is 0.0696 e. The molecule has 0 saturated heterocycles. The van der Waals surface area contributed by atoms with E-state index in [1.807, 2.05) is 0 Å². The van der Waals surface area contributed by atoms with Gasteiger partial charge in [-0.2, -0.15) is 0 Å². The van der Waals surface area contributed by atoms with Gasteiger partial charge in [-0.05, 0) is 0 Å². The van der Waals surface area contributed by atoms with Gasteiger partial charge in [-0.25, -0.2) is 0 Å². The van der Waals surface area contributed by atoms with E-state index in [2.05, 4.69) is 14.2 Å². The highest BCUT2D eigenvalue weighted by atomic mass is 16.5. The lowest BCUT2D eigenvalue weighted by atomic mass is 10.8. The minimum absolute atomic E-state index is 0.122. The summed E-state index contributed by atoms with van der Waals surface area (Å²) in [5, 5.41) is 7.94. The maximum absolute atomic E-state index is 7.94. The lowest BCUT2D eigenvalue weighted by molar-refractivity contribution is 0.103. The van der Waals surface area contributed by atoms with Crippen LogP contribution in [0.25, 0.3) is 0 Å². The van der Waals surface area contributed by atoms with Crippen LogP contribution in [-0.4, -0.2) is 52.9 Å². The Balaban J connectivity index is 0. The molecule has 0 aliphatic rings. The Morgan fingerprint density at radius 2 is 1.18 bits per heavy atom. The van der Waals surface area contributed by atoms with E-state index in [9.17, 15) is 0 Å². The molecule has 11 heavy (non-hydrogen) atoms. The van der Waals surface area contributed by atoms with Gasteiger partial charge in [0.15, 0.2) is 0 Å². The van der Waals surface area contributed by atoms with Crippen LogP contribution in [-0.2, 0) is 14.2 Å². The molecule has 4 nitrogen and oxygen atoms in total. The van der Waals surface area contributed by atoms with Crippen LogP contribution in [0.1, 0.15) is 0 Å². The second-order valence-corrected chi connectivity index (χ2v) is 1.70. The average molecular weight is 166 g/mol. The summed E-state index contributed by atoms with van der Waals surface area (Å²) in [7, 11) is 4.86. The first kappa shape index (κ1) is 13.4. The van der Waals surface area contributed by atoms with E-state index in [0.717, 1.165) is 0 Å². The third-order valence-electron chi connectivity index (χ3n) is 0.787. The molecule has 0 radical (unpaired) electrons. The summed E-state index contributed by atoms with van der Waals surface area (Å²) in [6, 6.07) is 0. The SMILES string of the molecule is COCCO.COCCOC. The molecule has 0 rings (SSSR count). The van der Waals surface area contributed by atoms with Crippen molar-refractivity contribution >= 4 is 0 Å². The van der Waals surface area contributed by atoms with E-state index in [-0.39, 0.29) is 6.61 Å². The zero-order chi connectivity index (χ0) is 8.95. The molecule has 1 N–H and O–H groups in total. The largest absolute Gasteiger partial charge is 0.394 e. The summed E-state index contributed by atoms with van der Waals surface area (Å²) in [5.74, 6) is 0. The first-order valence-electron chi connectivity index (χ1n) is 3.41. The van der Waals surface area contributed by atoms with E-state index in [1.54, 1.807) is 21.3 Å². The predicted molar refractivity (Wildman–Crippen MR) is 42.7 cm³/mol. The van der Waals surface area contributed by atoms with Crippen molar-refractivity contribution in [2.45, 2.75) is 0 Å². The van der Waals surface area contributed by atoms with Crippen molar-refractivity contribution < 1.29 is 19.3 Å². The van der Waals surface area contributed by atoms with Gasteiger partial charge in [-0.3, -0.25) is 0 Å². The quantitative estimate of drug-likeness (QED) is 0.580. The molecule has 0 atom stereocenters. The van der Waals surface area contributed by atoms with Gasteiger partial charge in [0.05, 0.1) is 26.4 Å². The predicted octanol–water partition coefficient (Wildman–Crippen LogP) is -0.0957. The summed E-state index contributed by atoms with van der Waals surface area (Å²) in [6.07, 6.45) is 0. The molecular formula is C7H18O4. The van der Waals surface area contributed by atoms with E-state index >= 15 is 0 Å². The normalized spacial score (nSPS) is 8.73. The summed E-state index contributed by atoms with van der Waals surface area (Å²) >= 11 is 0. The van der Waals surface area contributed by atoms with Gasteiger partial charge >= 0.3 is 0 Å². The summed E-state index contributed by atoms with van der Waals surface area (Å²) in [4.78, 5) is 0. The lowest BCUT2D eigenvalue weighted by Crippen LogP contribution is -1.96. The summed E-state index contributed by atoms with van der Waals surface area (Å²) in [5.41, 5.74) is 0. The minimum Gasteiger partial charge on any atom is -0.394 e. The molecule has 0 unspecified atom stereocenters. The van der Waals surface area contributed by atoms with Crippen molar-refractivity contribution in [3.05, 3.63) is 0 Å². The van der Waals surface area contributed by atoms with Crippen LogP contribution < -0.4 is 0 Å². The molecule has 0 amide bonds. The Morgan fingerprint density at radius 3 is 1.27 bits per heavy atom. The molecule has 0 aromatic heterocycles. The van der Waals surface area contributed by atoms with E-state index in [1.165, 1.54) is 0 Å². The highest BCUT2D eigenvalue weighted by Gasteiger charge is 1.73. The second-order valence-electron chi connectivity index (χ2n) is 1.70. The van der Waals surface area contributed by atoms with Gasteiger partial charge in [-0.1, -0.05) is 0 Å². The molecule has 0 aromatic rings. The standard InChI is InChI=1S/C4H10O2.C3H8O2/c1-5-3-4-6-2;1-5-3-2-4/h3-4H2,1-2H3;4H,2-3H2,1H3. The zero-order valence-electron chi connectivity index (χ0n) is 7.50. The number of rotatable bonds is 5. The number of hydrogen-bond acceptors (Lipinski definition) is 4. The molecule has 0 bridgehead atoms. The first-order valence-corrected chi connectivity index (χ1v) is 3.41. The Labute approximate surface area is 68.1 Å². The number of aliphatic hydroxyl groups excluding tert-OH is 1. The second kappa shape index (κ2) is 16.4. The Hall–Kier alpha value is -0.160. The molecule has 4 heteroatoms. The van der Waals surface area contributed by atoms with Gasteiger partial charge in [0.2, 0.25) is 0 Å². The van der Waals surface area contributed by atoms with Crippen LogP contribution in [0.15, 0.2) is 0 Å². The molecular weight excluding hydrogens is 148 g/mol.